The lowest BCUT2D eigenvalue weighted by Crippen LogP contribution is -2.65. The first-order chi connectivity index (χ1) is 18.5. The third-order valence-corrected chi connectivity index (χ3v) is 10.4. The molecule has 0 saturated heterocycles. The second kappa shape index (κ2) is 8.72. The van der Waals surface area contributed by atoms with Gasteiger partial charge in [0, 0.05) is 5.92 Å². The summed E-state index contributed by atoms with van der Waals surface area (Å²) < 4.78 is 6.09. The molecule has 39 heavy (non-hydrogen) atoms. The summed E-state index contributed by atoms with van der Waals surface area (Å²) in [6, 6.07) is 16.6. The highest BCUT2D eigenvalue weighted by atomic mass is 16.6. The van der Waals surface area contributed by atoms with Crippen molar-refractivity contribution in [3.63, 3.8) is 0 Å². The average Bonchev–Trinajstić information content (AvgIpc) is 3.42. The number of hydrogen-bond donors (Lipinski definition) is 3. The number of hydrogen-bond acceptors (Lipinski definition) is 6. The lowest BCUT2D eigenvalue weighted by atomic mass is 9.59. The van der Waals surface area contributed by atoms with Crippen molar-refractivity contribution in [3.05, 3.63) is 83.5 Å². The summed E-state index contributed by atoms with van der Waals surface area (Å²) in [5, 5.41) is 34.6. The Morgan fingerprint density at radius 1 is 1.08 bits per heavy atom. The van der Waals surface area contributed by atoms with Crippen molar-refractivity contribution in [2.75, 3.05) is 6.61 Å². The minimum Gasteiger partial charge on any atom is -0.451 e. The third kappa shape index (κ3) is 3.38. The molecule has 2 bridgehead atoms. The summed E-state index contributed by atoms with van der Waals surface area (Å²) >= 11 is 0. The molecule has 6 heteroatoms. The number of allylic oxidation sites excluding steroid dienone is 1. The molecule has 0 radical (unpaired) electrons. The summed E-state index contributed by atoms with van der Waals surface area (Å²) in [5.74, 6) is -1.33. The SMILES string of the molecule is CC1=C[C@]23C(=O)[C@@H](C=C(CO)[C@@H](O)[C@]2(O)[C@H]1OC(=O)c1ccccc1-c1ccccc1)[C@H]1[C@@H](C[C@H]3C)C1(C)C. The van der Waals surface area contributed by atoms with Gasteiger partial charge in [0.15, 0.2) is 17.5 Å². The lowest BCUT2D eigenvalue weighted by Gasteiger charge is -2.48. The topological polar surface area (TPSA) is 104 Å². The fourth-order valence-electron chi connectivity index (χ4n) is 8.29. The quantitative estimate of drug-likeness (QED) is 0.403. The van der Waals surface area contributed by atoms with Gasteiger partial charge >= 0.3 is 5.97 Å². The Kier molecular flexibility index (Phi) is 5.85. The summed E-state index contributed by atoms with van der Waals surface area (Å²) in [4.78, 5) is 28.3. The molecule has 1 spiro atoms. The maximum absolute atomic E-state index is 14.5. The van der Waals surface area contributed by atoms with E-state index >= 15 is 0 Å². The van der Waals surface area contributed by atoms with Gasteiger partial charge in [0.05, 0.1) is 17.6 Å². The number of aliphatic hydroxyl groups is 3. The summed E-state index contributed by atoms with van der Waals surface area (Å²) in [6.45, 7) is 7.50. The number of carbonyl (C=O) groups excluding carboxylic acids is 2. The minimum absolute atomic E-state index is 0.0505. The Balaban J connectivity index is 1.45. The van der Waals surface area contributed by atoms with E-state index < -0.39 is 41.7 Å². The molecule has 0 aromatic heterocycles. The van der Waals surface area contributed by atoms with Crippen molar-refractivity contribution in [1.82, 2.24) is 0 Å². The summed E-state index contributed by atoms with van der Waals surface area (Å²) in [6.07, 6.45) is 1.28. The van der Waals surface area contributed by atoms with Gasteiger partial charge in [0.25, 0.3) is 0 Å². The van der Waals surface area contributed by atoms with Crippen LogP contribution in [0.4, 0.5) is 0 Å². The molecule has 6 nitrogen and oxygen atoms in total. The van der Waals surface area contributed by atoms with Crippen molar-refractivity contribution >= 4 is 11.8 Å². The number of esters is 1. The van der Waals surface area contributed by atoms with Crippen LogP contribution >= 0.6 is 0 Å². The summed E-state index contributed by atoms with van der Waals surface area (Å²) in [5.41, 5.74) is -1.10. The van der Waals surface area contributed by atoms with Gasteiger partial charge < -0.3 is 20.1 Å². The molecule has 6 rings (SSSR count). The molecule has 2 saturated carbocycles. The van der Waals surface area contributed by atoms with E-state index in [1.54, 1.807) is 31.2 Å². The largest absolute Gasteiger partial charge is 0.451 e. The summed E-state index contributed by atoms with van der Waals surface area (Å²) in [7, 11) is 0. The van der Waals surface area contributed by atoms with Gasteiger partial charge in [-0.3, -0.25) is 4.79 Å². The number of ether oxygens (including phenoxy) is 1. The monoisotopic (exact) mass is 528 g/mol. The molecule has 2 fully saturated rings. The van der Waals surface area contributed by atoms with Crippen molar-refractivity contribution in [3.8, 4) is 11.1 Å². The lowest BCUT2D eigenvalue weighted by molar-refractivity contribution is -0.190. The Labute approximate surface area is 229 Å². The van der Waals surface area contributed by atoms with Gasteiger partial charge in [-0.2, -0.15) is 0 Å². The highest BCUT2D eigenvalue weighted by molar-refractivity contribution is 5.98. The highest BCUT2D eigenvalue weighted by Gasteiger charge is 2.76. The fourth-order valence-corrected chi connectivity index (χ4v) is 8.29. The molecule has 204 valence electrons. The van der Waals surface area contributed by atoms with E-state index in [1.807, 2.05) is 49.4 Å². The number of carbonyl (C=O) groups is 2. The minimum atomic E-state index is -2.16. The van der Waals surface area contributed by atoms with E-state index in [9.17, 15) is 24.9 Å². The van der Waals surface area contributed by atoms with Crippen LogP contribution in [0.2, 0.25) is 0 Å². The number of fused-ring (bicyclic) bond motifs is 3. The van der Waals surface area contributed by atoms with Crippen molar-refractivity contribution in [2.24, 2.45) is 34.5 Å². The predicted molar refractivity (Wildman–Crippen MR) is 146 cm³/mol. The standard InChI is InChI=1S/C33H36O6/c1-18-16-32-19(2)14-25-26(31(25,3)4)24(28(32)36)15-21(17-34)27(35)33(32,38)29(18)39-30(37)23-13-9-8-12-22(23)20-10-6-5-7-11-20/h5-13,15-16,19,24-27,29,34-35,38H,14,17H2,1-4H3/t19-,24+,25-,26+,27-,29+,32+,33+/m1/s1. The van der Waals surface area contributed by atoms with Crippen LogP contribution in [0.5, 0.6) is 0 Å². The second-order valence-corrected chi connectivity index (χ2v) is 12.6. The molecule has 0 heterocycles. The van der Waals surface area contributed by atoms with E-state index in [0.29, 0.717) is 23.1 Å². The van der Waals surface area contributed by atoms with Gasteiger partial charge in [-0.1, -0.05) is 81.5 Å². The maximum Gasteiger partial charge on any atom is 0.339 e. The van der Waals surface area contributed by atoms with Crippen molar-refractivity contribution < 1.29 is 29.6 Å². The number of aliphatic hydroxyl groups excluding tert-OH is 2. The van der Waals surface area contributed by atoms with Crippen molar-refractivity contribution in [1.29, 1.82) is 0 Å². The smallest absolute Gasteiger partial charge is 0.339 e. The molecule has 0 unspecified atom stereocenters. The van der Waals surface area contributed by atoms with E-state index in [2.05, 4.69) is 13.8 Å². The van der Waals surface area contributed by atoms with Crippen molar-refractivity contribution in [2.45, 2.75) is 51.9 Å². The molecular weight excluding hydrogens is 492 g/mol. The zero-order chi connectivity index (χ0) is 27.9. The van der Waals surface area contributed by atoms with E-state index in [0.717, 1.165) is 5.56 Å². The van der Waals surface area contributed by atoms with E-state index in [1.165, 1.54) is 0 Å². The average molecular weight is 529 g/mol. The molecule has 8 atom stereocenters. The Hall–Kier alpha value is -3.06. The number of Topliss-reactive ketones (excluding diaryl/α,β-unsaturated/α-hetero) is 1. The normalized spacial score (nSPS) is 38.0. The second-order valence-electron chi connectivity index (χ2n) is 12.6. The molecule has 3 N–H and O–H groups in total. The Morgan fingerprint density at radius 3 is 2.44 bits per heavy atom. The molecular formula is C33H36O6. The zero-order valence-corrected chi connectivity index (χ0v) is 22.8. The predicted octanol–water partition coefficient (Wildman–Crippen LogP) is 4.35. The van der Waals surface area contributed by atoms with Gasteiger partial charge in [0.2, 0.25) is 0 Å². The number of benzene rings is 2. The first kappa shape index (κ1) is 26.2. The maximum atomic E-state index is 14.5. The number of ketones is 1. The van der Waals surface area contributed by atoms with Crippen LogP contribution in [-0.4, -0.2) is 51.5 Å². The van der Waals surface area contributed by atoms with Gasteiger partial charge in [-0.25, -0.2) is 4.79 Å². The molecule has 4 aliphatic rings. The number of rotatable bonds is 4. The van der Waals surface area contributed by atoms with Crippen LogP contribution in [0.25, 0.3) is 11.1 Å². The molecule has 2 aromatic rings. The first-order valence-electron chi connectivity index (χ1n) is 13.8. The molecule has 2 aromatic carbocycles. The fraction of sp³-hybridized carbons (Fsp3) is 0.455. The molecule has 4 aliphatic carbocycles. The Morgan fingerprint density at radius 2 is 1.74 bits per heavy atom. The van der Waals surface area contributed by atoms with Crippen LogP contribution in [0.15, 0.2) is 77.9 Å². The van der Waals surface area contributed by atoms with E-state index in [-0.39, 0.29) is 34.5 Å². The van der Waals surface area contributed by atoms with Crippen LogP contribution < -0.4 is 0 Å². The molecule has 0 amide bonds. The van der Waals surface area contributed by atoms with Crippen LogP contribution in [0.3, 0.4) is 0 Å². The van der Waals surface area contributed by atoms with Crippen LogP contribution in [-0.2, 0) is 9.53 Å². The zero-order valence-electron chi connectivity index (χ0n) is 22.8. The first-order valence-corrected chi connectivity index (χ1v) is 13.8. The van der Waals surface area contributed by atoms with E-state index in [4.69, 9.17) is 4.74 Å². The van der Waals surface area contributed by atoms with Gasteiger partial charge in [-0.15, -0.1) is 0 Å². The van der Waals surface area contributed by atoms with Gasteiger partial charge in [0.1, 0.15) is 6.10 Å². The molecule has 0 aliphatic heterocycles. The highest BCUT2D eigenvalue weighted by Crippen LogP contribution is 2.71. The van der Waals surface area contributed by atoms with Gasteiger partial charge in [-0.05, 0) is 64.9 Å². The van der Waals surface area contributed by atoms with Crippen LogP contribution in [0, 0.1) is 34.5 Å². The Bertz CT molecular complexity index is 1410. The third-order valence-electron chi connectivity index (χ3n) is 10.4. The van der Waals surface area contributed by atoms with Crippen LogP contribution in [0.1, 0.15) is 44.5 Å².